The molecule has 0 saturated carbocycles. The van der Waals surface area contributed by atoms with Crippen molar-refractivity contribution in [3.8, 4) is 10.7 Å². The maximum Gasteiger partial charge on any atom is 0.217 e. The van der Waals surface area contributed by atoms with Gasteiger partial charge in [-0.3, -0.25) is 0 Å². The van der Waals surface area contributed by atoms with Gasteiger partial charge >= 0.3 is 0 Å². The molecule has 0 fully saturated rings. The Hall–Kier alpha value is -2.18. The molecular weight excluding hydrogens is 300 g/mol. The molecule has 3 aromatic rings. The highest BCUT2D eigenvalue weighted by Gasteiger charge is 2.18. The van der Waals surface area contributed by atoms with E-state index in [0.29, 0.717) is 0 Å². The molecule has 0 N–H and O–H groups in total. The third-order valence-corrected chi connectivity index (χ3v) is 4.73. The van der Waals surface area contributed by atoms with Crippen LogP contribution < -0.4 is 0 Å². The number of nitrogens with zero attached hydrogens (tertiary/aromatic N) is 4. The minimum Gasteiger partial charge on any atom is -0.186 e. The molecular formula is C15H10N4S2. The smallest absolute Gasteiger partial charge is 0.186 e. The molecule has 4 nitrogen and oxygen atoms in total. The number of fused-ring (bicyclic) bond motifs is 1. The van der Waals surface area contributed by atoms with Gasteiger partial charge in [0.1, 0.15) is 0 Å². The first kappa shape index (κ1) is 12.6. The highest BCUT2D eigenvalue weighted by atomic mass is 32.2. The van der Waals surface area contributed by atoms with E-state index in [4.69, 9.17) is 0 Å². The van der Waals surface area contributed by atoms with Crippen LogP contribution in [0.1, 0.15) is 5.56 Å². The van der Waals surface area contributed by atoms with Gasteiger partial charge in [0.15, 0.2) is 5.82 Å². The number of allylic oxidation sites excluding steroid dienone is 1. The molecule has 2 aromatic heterocycles. The zero-order valence-corrected chi connectivity index (χ0v) is 12.5. The number of hydrogen-bond acceptors (Lipinski definition) is 5. The second-order valence-electron chi connectivity index (χ2n) is 4.40. The van der Waals surface area contributed by atoms with Crippen molar-refractivity contribution < 1.29 is 0 Å². The summed E-state index contributed by atoms with van der Waals surface area (Å²) in [5, 5.41) is 15.8. The summed E-state index contributed by atoms with van der Waals surface area (Å²) in [6.45, 7) is 0. The fraction of sp³-hybridized carbons (Fsp3) is 0. The van der Waals surface area contributed by atoms with Gasteiger partial charge < -0.3 is 0 Å². The molecule has 21 heavy (non-hydrogen) atoms. The fourth-order valence-corrected chi connectivity index (χ4v) is 3.52. The number of thioether (sulfide) groups is 1. The van der Waals surface area contributed by atoms with E-state index in [0.717, 1.165) is 26.3 Å². The van der Waals surface area contributed by atoms with E-state index >= 15 is 0 Å². The third-order valence-electron chi connectivity index (χ3n) is 2.97. The quantitative estimate of drug-likeness (QED) is 0.719. The number of rotatable bonds is 2. The fourth-order valence-electron chi connectivity index (χ4n) is 2.02. The molecule has 6 heteroatoms. The molecule has 0 saturated heterocycles. The van der Waals surface area contributed by atoms with Gasteiger partial charge in [-0.25, -0.2) is 0 Å². The summed E-state index contributed by atoms with van der Waals surface area (Å²) < 4.78 is 1.79. The standard InChI is InChI=1S/C15H10N4S2/c1-2-5-11(6-3-1)9-12-10-16-19-14(13-7-4-8-20-13)17-18-15(19)21-12/h1-10H. The topological polar surface area (TPSA) is 43.1 Å². The summed E-state index contributed by atoms with van der Waals surface area (Å²) >= 11 is 3.21. The molecule has 1 aliphatic heterocycles. The Bertz CT molecular complexity index is 817. The van der Waals surface area contributed by atoms with Gasteiger partial charge in [0, 0.05) is 4.91 Å². The first-order chi connectivity index (χ1) is 10.4. The van der Waals surface area contributed by atoms with E-state index in [1.807, 2.05) is 41.9 Å². The van der Waals surface area contributed by atoms with Crippen molar-refractivity contribution in [1.29, 1.82) is 0 Å². The van der Waals surface area contributed by atoms with Gasteiger partial charge in [0.25, 0.3) is 0 Å². The number of thiophene rings is 1. The molecule has 0 spiro atoms. The zero-order chi connectivity index (χ0) is 14.1. The molecule has 0 aliphatic carbocycles. The van der Waals surface area contributed by atoms with Crippen LogP contribution in [0.15, 0.2) is 63.0 Å². The maximum absolute atomic E-state index is 4.47. The van der Waals surface area contributed by atoms with Crippen LogP contribution in [0.25, 0.3) is 16.8 Å². The second kappa shape index (κ2) is 5.31. The number of hydrogen-bond donors (Lipinski definition) is 0. The van der Waals surface area contributed by atoms with Crippen molar-refractivity contribution >= 4 is 35.4 Å². The van der Waals surface area contributed by atoms with Gasteiger partial charge in [0.2, 0.25) is 5.16 Å². The lowest BCUT2D eigenvalue weighted by Gasteiger charge is -2.09. The Balaban J connectivity index is 1.68. The SMILES string of the molecule is C1=Nn2c(nnc2-c2cccs2)SC1=Cc1ccccc1. The lowest BCUT2D eigenvalue weighted by atomic mass is 10.2. The Labute approximate surface area is 129 Å². The van der Waals surface area contributed by atoms with Gasteiger partial charge in [-0.05, 0) is 34.8 Å². The Morgan fingerprint density at radius 1 is 1.00 bits per heavy atom. The van der Waals surface area contributed by atoms with Crippen LogP contribution in [-0.4, -0.2) is 21.1 Å². The zero-order valence-electron chi connectivity index (χ0n) is 10.9. The van der Waals surface area contributed by atoms with Crippen molar-refractivity contribution in [1.82, 2.24) is 14.9 Å². The van der Waals surface area contributed by atoms with Gasteiger partial charge in [-0.15, -0.1) is 21.5 Å². The molecule has 1 aromatic carbocycles. The van der Waals surface area contributed by atoms with Crippen molar-refractivity contribution in [2.75, 3.05) is 0 Å². The molecule has 1 aliphatic rings. The van der Waals surface area contributed by atoms with E-state index < -0.39 is 0 Å². The average Bonchev–Trinajstić information content (AvgIpc) is 3.16. The summed E-state index contributed by atoms with van der Waals surface area (Å²) in [6, 6.07) is 14.2. The first-order valence-corrected chi connectivity index (χ1v) is 8.08. The number of aromatic nitrogens is 3. The van der Waals surface area contributed by atoms with Crippen LogP contribution in [-0.2, 0) is 0 Å². The van der Waals surface area contributed by atoms with E-state index in [9.17, 15) is 0 Å². The van der Waals surface area contributed by atoms with E-state index in [1.54, 1.807) is 27.8 Å². The first-order valence-electron chi connectivity index (χ1n) is 6.38. The molecule has 4 rings (SSSR count). The summed E-state index contributed by atoms with van der Waals surface area (Å²) in [7, 11) is 0. The highest BCUT2D eigenvalue weighted by molar-refractivity contribution is 8.04. The lowest BCUT2D eigenvalue weighted by Crippen LogP contribution is -2.00. The summed E-state index contributed by atoms with van der Waals surface area (Å²) in [5.74, 6) is 0.794. The molecule has 3 heterocycles. The molecule has 0 atom stereocenters. The highest BCUT2D eigenvalue weighted by Crippen LogP contribution is 2.33. The molecule has 0 radical (unpaired) electrons. The number of benzene rings is 1. The second-order valence-corrected chi connectivity index (χ2v) is 6.39. The predicted molar refractivity (Wildman–Crippen MR) is 87.5 cm³/mol. The van der Waals surface area contributed by atoms with Crippen molar-refractivity contribution in [3.63, 3.8) is 0 Å². The van der Waals surface area contributed by atoms with Crippen LogP contribution in [0.5, 0.6) is 0 Å². The Morgan fingerprint density at radius 3 is 2.71 bits per heavy atom. The molecule has 0 unspecified atom stereocenters. The minimum absolute atomic E-state index is 0.794. The molecule has 102 valence electrons. The van der Waals surface area contributed by atoms with Crippen LogP contribution >= 0.6 is 23.1 Å². The largest absolute Gasteiger partial charge is 0.217 e. The maximum atomic E-state index is 4.47. The van der Waals surface area contributed by atoms with E-state index in [1.165, 1.54) is 0 Å². The van der Waals surface area contributed by atoms with Crippen LogP contribution in [0.2, 0.25) is 0 Å². The molecule has 0 amide bonds. The average molecular weight is 310 g/mol. The van der Waals surface area contributed by atoms with Crippen molar-refractivity contribution in [2.45, 2.75) is 5.16 Å². The Kier molecular flexibility index (Phi) is 3.17. The van der Waals surface area contributed by atoms with E-state index in [2.05, 4.69) is 33.5 Å². The lowest BCUT2D eigenvalue weighted by molar-refractivity contribution is 0.771. The Morgan fingerprint density at radius 2 is 1.90 bits per heavy atom. The van der Waals surface area contributed by atoms with Crippen LogP contribution in [0.3, 0.4) is 0 Å². The van der Waals surface area contributed by atoms with Crippen LogP contribution in [0, 0.1) is 0 Å². The monoisotopic (exact) mass is 310 g/mol. The summed E-state index contributed by atoms with van der Waals surface area (Å²) in [4.78, 5) is 2.13. The summed E-state index contributed by atoms with van der Waals surface area (Å²) in [5.41, 5.74) is 1.15. The van der Waals surface area contributed by atoms with Crippen molar-refractivity contribution in [2.24, 2.45) is 5.10 Å². The molecule has 0 bridgehead atoms. The summed E-state index contributed by atoms with van der Waals surface area (Å²) in [6.07, 6.45) is 3.95. The minimum atomic E-state index is 0.794. The van der Waals surface area contributed by atoms with Gasteiger partial charge in [-0.2, -0.15) is 9.78 Å². The normalized spacial score (nSPS) is 15.3. The van der Waals surface area contributed by atoms with E-state index in [-0.39, 0.29) is 0 Å². The van der Waals surface area contributed by atoms with Crippen molar-refractivity contribution in [3.05, 3.63) is 58.3 Å². The van der Waals surface area contributed by atoms with Gasteiger partial charge in [0.05, 0.1) is 11.1 Å². The van der Waals surface area contributed by atoms with Crippen LogP contribution in [0.4, 0.5) is 0 Å². The predicted octanol–water partition coefficient (Wildman–Crippen LogP) is 3.99. The van der Waals surface area contributed by atoms with Gasteiger partial charge in [-0.1, -0.05) is 36.4 Å². The third kappa shape index (κ3) is 2.43.